The van der Waals surface area contributed by atoms with Gasteiger partial charge in [-0.1, -0.05) is 33.1 Å². The van der Waals surface area contributed by atoms with Crippen molar-refractivity contribution in [2.75, 3.05) is 18.0 Å². The van der Waals surface area contributed by atoms with Gasteiger partial charge in [0.25, 0.3) is 0 Å². The summed E-state index contributed by atoms with van der Waals surface area (Å²) in [6, 6.07) is 0. The molecule has 0 aromatic heterocycles. The van der Waals surface area contributed by atoms with Crippen LogP contribution >= 0.6 is 0 Å². The molecule has 120 valence electrons. The van der Waals surface area contributed by atoms with Gasteiger partial charge in [-0.2, -0.15) is 0 Å². The highest BCUT2D eigenvalue weighted by Gasteiger charge is 2.26. The molecular formula is C16H23F4N. The fourth-order valence-corrected chi connectivity index (χ4v) is 2.35. The lowest BCUT2D eigenvalue weighted by Crippen LogP contribution is -2.28. The molecule has 5 heteroatoms. The average molecular weight is 305 g/mol. The van der Waals surface area contributed by atoms with E-state index in [1.54, 1.807) is 0 Å². The molecule has 0 saturated carbocycles. The van der Waals surface area contributed by atoms with Gasteiger partial charge in [-0.15, -0.1) is 0 Å². The number of anilines is 1. The van der Waals surface area contributed by atoms with Gasteiger partial charge in [0.1, 0.15) is 5.69 Å². The highest BCUT2D eigenvalue weighted by Crippen LogP contribution is 2.31. The van der Waals surface area contributed by atoms with Gasteiger partial charge in [-0.05, 0) is 19.8 Å². The van der Waals surface area contributed by atoms with Crippen LogP contribution in [0.15, 0.2) is 0 Å². The Morgan fingerprint density at radius 2 is 1.38 bits per heavy atom. The third-order valence-electron chi connectivity index (χ3n) is 3.55. The van der Waals surface area contributed by atoms with Crippen LogP contribution in [-0.4, -0.2) is 13.1 Å². The molecule has 0 saturated heterocycles. The number of halogens is 4. The summed E-state index contributed by atoms with van der Waals surface area (Å²) in [6.45, 7) is 5.91. The predicted molar refractivity (Wildman–Crippen MR) is 77.7 cm³/mol. The fourth-order valence-electron chi connectivity index (χ4n) is 2.35. The highest BCUT2D eigenvalue weighted by molar-refractivity contribution is 5.52. The van der Waals surface area contributed by atoms with E-state index < -0.39 is 34.5 Å². The second-order valence-electron chi connectivity index (χ2n) is 5.28. The summed E-state index contributed by atoms with van der Waals surface area (Å²) >= 11 is 0. The Balaban J connectivity index is 3.07. The Labute approximate surface area is 124 Å². The van der Waals surface area contributed by atoms with Gasteiger partial charge in [0.15, 0.2) is 23.3 Å². The zero-order valence-electron chi connectivity index (χ0n) is 12.9. The van der Waals surface area contributed by atoms with Crippen LogP contribution in [0.2, 0.25) is 0 Å². The summed E-state index contributed by atoms with van der Waals surface area (Å²) in [5.74, 6) is -5.48. The lowest BCUT2D eigenvalue weighted by Gasteiger charge is -2.26. The summed E-state index contributed by atoms with van der Waals surface area (Å²) in [7, 11) is 0. The minimum Gasteiger partial charge on any atom is -0.367 e. The van der Waals surface area contributed by atoms with Crippen LogP contribution in [0.5, 0.6) is 0 Å². The largest absolute Gasteiger partial charge is 0.367 e. The topological polar surface area (TPSA) is 3.24 Å². The van der Waals surface area contributed by atoms with E-state index in [0.29, 0.717) is 19.5 Å². The van der Waals surface area contributed by atoms with Gasteiger partial charge in [0.2, 0.25) is 0 Å². The molecule has 0 unspecified atom stereocenters. The van der Waals surface area contributed by atoms with E-state index in [9.17, 15) is 17.6 Å². The summed E-state index contributed by atoms with van der Waals surface area (Å²) in [4.78, 5) is 1.48. The molecule has 1 aromatic rings. The molecule has 0 aliphatic carbocycles. The molecule has 21 heavy (non-hydrogen) atoms. The molecule has 0 heterocycles. The first-order valence-electron chi connectivity index (χ1n) is 7.53. The van der Waals surface area contributed by atoms with Gasteiger partial charge in [0.05, 0.1) is 0 Å². The molecule has 0 spiro atoms. The number of benzene rings is 1. The standard InChI is InChI=1S/C16H23F4N/c1-4-6-7-8-10-21(9-5-2)16-13(18)11(3)12(17)14(19)15(16)20/h4-10H2,1-3H3. The second kappa shape index (κ2) is 8.25. The van der Waals surface area contributed by atoms with E-state index >= 15 is 0 Å². The average Bonchev–Trinajstić information content (AvgIpc) is 2.47. The molecule has 0 bridgehead atoms. The maximum atomic E-state index is 14.2. The van der Waals surface area contributed by atoms with Crippen molar-refractivity contribution in [2.24, 2.45) is 0 Å². The number of hydrogen-bond donors (Lipinski definition) is 0. The van der Waals surface area contributed by atoms with E-state index in [1.165, 1.54) is 4.90 Å². The molecule has 1 aromatic carbocycles. The third kappa shape index (κ3) is 4.11. The molecule has 0 aliphatic heterocycles. The van der Waals surface area contributed by atoms with Crippen molar-refractivity contribution in [1.82, 2.24) is 0 Å². The number of unbranched alkanes of at least 4 members (excludes halogenated alkanes) is 3. The Morgan fingerprint density at radius 1 is 0.714 bits per heavy atom. The first-order chi connectivity index (χ1) is 9.95. The van der Waals surface area contributed by atoms with Crippen molar-refractivity contribution in [2.45, 2.75) is 52.9 Å². The molecule has 0 atom stereocenters. The van der Waals surface area contributed by atoms with E-state index in [0.717, 1.165) is 32.6 Å². The summed E-state index contributed by atoms with van der Waals surface area (Å²) in [5.41, 5.74) is -0.914. The Hall–Kier alpha value is -1.26. The number of rotatable bonds is 8. The van der Waals surface area contributed by atoms with Crippen molar-refractivity contribution in [3.63, 3.8) is 0 Å². The van der Waals surface area contributed by atoms with E-state index in [4.69, 9.17) is 0 Å². The van der Waals surface area contributed by atoms with Crippen LogP contribution in [0.25, 0.3) is 0 Å². The smallest absolute Gasteiger partial charge is 0.197 e. The van der Waals surface area contributed by atoms with Crippen molar-refractivity contribution < 1.29 is 17.6 Å². The molecule has 0 radical (unpaired) electrons. The minimum atomic E-state index is -1.60. The van der Waals surface area contributed by atoms with E-state index in [1.807, 2.05) is 6.92 Å². The van der Waals surface area contributed by atoms with Crippen molar-refractivity contribution >= 4 is 5.69 Å². The van der Waals surface area contributed by atoms with Gasteiger partial charge in [-0.3, -0.25) is 0 Å². The van der Waals surface area contributed by atoms with Gasteiger partial charge < -0.3 is 4.90 Å². The fraction of sp³-hybridized carbons (Fsp3) is 0.625. The van der Waals surface area contributed by atoms with Gasteiger partial charge in [0, 0.05) is 18.7 Å². The van der Waals surface area contributed by atoms with Crippen LogP contribution in [0.1, 0.15) is 51.5 Å². The van der Waals surface area contributed by atoms with E-state index in [2.05, 4.69) is 6.92 Å². The summed E-state index contributed by atoms with van der Waals surface area (Å²) < 4.78 is 55.0. The lowest BCUT2D eigenvalue weighted by atomic mass is 10.1. The van der Waals surface area contributed by atoms with Crippen molar-refractivity contribution in [3.8, 4) is 0 Å². The Bertz CT molecular complexity index is 445. The second-order valence-corrected chi connectivity index (χ2v) is 5.28. The lowest BCUT2D eigenvalue weighted by molar-refractivity contribution is 0.426. The number of nitrogens with zero attached hydrogens (tertiary/aromatic N) is 1. The van der Waals surface area contributed by atoms with Crippen LogP contribution in [-0.2, 0) is 0 Å². The maximum Gasteiger partial charge on any atom is 0.197 e. The van der Waals surface area contributed by atoms with E-state index in [-0.39, 0.29) is 0 Å². The zero-order valence-corrected chi connectivity index (χ0v) is 12.9. The zero-order chi connectivity index (χ0) is 16.0. The monoisotopic (exact) mass is 305 g/mol. The summed E-state index contributed by atoms with van der Waals surface area (Å²) in [6.07, 6.45) is 4.49. The molecule has 1 rings (SSSR count). The minimum absolute atomic E-state index is 0.407. The van der Waals surface area contributed by atoms with Crippen molar-refractivity contribution in [1.29, 1.82) is 0 Å². The molecule has 0 fully saturated rings. The maximum absolute atomic E-state index is 14.2. The number of hydrogen-bond acceptors (Lipinski definition) is 1. The third-order valence-corrected chi connectivity index (χ3v) is 3.55. The van der Waals surface area contributed by atoms with Gasteiger partial charge in [-0.25, -0.2) is 17.6 Å². The Morgan fingerprint density at radius 3 is 1.95 bits per heavy atom. The summed E-state index contributed by atoms with van der Waals surface area (Å²) in [5, 5.41) is 0. The Kier molecular flexibility index (Phi) is 6.99. The van der Waals surface area contributed by atoms with Crippen molar-refractivity contribution in [3.05, 3.63) is 28.8 Å². The predicted octanol–water partition coefficient (Wildman–Crippen LogP) is 5.35. The first kappa shape index (κ1) is 17.8. The van der Waals surface area contributed by atoms with Crippen LogP contribution in [0, 0.1) is 30.2 Å². The molecular weight excluding hydrogens is 282 g/mol. The quantitative estimate of drug-likeness (QED) is 0.271. The highest BCUT2D eigenvalue weighted by atomic mass is 19.2. The molecule has 0 N–H and O–H groups in total. The first-order valence-corrected chi connectivity index (χ1v) is 7.53. The molecule has 1 nitrogen and oxygen atoms in total. The normalized spacial score (nSPS) is 11.0. The van der Waals surface area contributed by atoms with Crippen LogP contribution in [0.3, 0.4) is 0 Å². The van der Waals surface area contributed by atoms with Crippen LogP contribution in [0.4, 0.5) is 23.2 Å². The molecule has 0 aliphatic rings. The SMILES string of the molecule is CCCCCCN(CCC)c1c(F)c(C)c(F)c(F)c1F. The van der Waals surface area contributed by atoms with Crippen LogP contribution < -0.4 is 4.90 Å². The van der Waals surface area contributed by atoms with Gasteiger partial charge >= 0.3 is 0 Å². The molecule has 0 amide bonds.